The predicted molar refractivity (Wildman–Crippen MR) is 125 cm³/mol. The molecule has 2 N–H and O–H groups in total. The van der Waals surface area contributed by atoms with Crippen LogP contribution in [0.25, 0.3) is 0 Å². The zero-order valence-electron chi connectivity index (χ0n) is 16.8. The molecule has 1 atom stereocenters. The molecule has 0 spiro atoms. The number of alkyl halides is 3. The summed E-state index contributed by atoms with van der Waals surface area (Å²) in [6.07, 6.45) is -1.78. The van der Waals surface area contributed by atoms with Gasteiger partial charge in [-0.2, -0.15) is 13.2 Å². The minimum absolute atomic E-state index is 0. The normalized spacial score (nSPS) is 18.0. The number of hydrogen-bond acceptors (Lipinski definition) is 4. The molecule has 1 saturated heterocycles. The van der Waals surface area contributed by atoms with Crippen molar-refractivity contribution in [3.63, 3.8) is 0 Å². The predicted octanol–water partition coefficient (Wildman–Crippen LogP) is 4.15. The summed E-state index contributed by atoms with van der Waals surface area (Å²) in [4.78, 5) is 10.3. The van der Waals surface area contributed by atoms with Gasteiger partial charge in [-0.15, -0.1) is 35.3 Å². The maximum atomic E-state index is 12.6. The van der Waals surface area contributed by atoms with E-state index in [4.69, 9.17) is 0 Å². The van der Waals surface area contributed by atoms with Crippen LogP contribution in [0, 0.1) is 0 Å². The first kappa shape index (κ1) is 24.9. The lowest BCUT2D eigenvalue weighted by Gasteiger charge is -2.34. The first-order valence-corrected chi connectivity index (χ1v) is 10.6. The molecule has 2 heterocycles. The van der Waals surface area contributed by atoms with Crippen LogP contribution in [0.15, 0.2) is 40.7 Å². The van der Waals surface area contributed by atoms with Crippen molar-refractivity contribution in [3.8, 4) is 0 Å². The minimum atomic E-state index is -4.38. The number of benzene rings is 1. The van der Waals surface area contributed by atoms with Gasteiger partial charge in [-0.05, 0) is 24.9 Å². The number of nitrogens with zero attached hydrogens (tertiary/aromatic N) is 3. The molecule has 2 aromatic rings. The van der Waals surface area contributed by atoms with Crippen molar-refractivity contribution >= 4 is 41.3 Å². The molecule has 5 nitrogen and oxygen atoms in total. The zero-order valence-corrected chi connectivity index (χ0v) is 19.9. The number of nitrogens with one attached hydrogen (secondary N) is 2. The summed E-state index contributed by atoms with van der Waals surface area (Å²) in [5, 5.41) is 8.15. The van der Waals surface area contributed by atoms with E-state index in [9.17, 15) is 13.2 Å². The Balaban J connectivity index is 0.00000320. The fourth-order valence-electron chi connectivity index (χ4n) is 3.39. The minimum Gasteiger partial charge on any atom is -0.356 e. The number of likely N-dealkylation sites (tertiary alicyclic amines) is 1. The van der Waals surface area contributed by atoms with E-state index in [-0.39, 0.29) is 30.0 Å². The molecule has 10 heteroatoms. The van der Waals surface area contributed by atoms with Crippen molar-refractivity contribution in [2.24, 2.45) is 4.99 Å². The Morgan fingerprint density at radius 1 is 1.30 bits per heavy atom. The molecule has 166 valence electrons. The highest BCUT2D eigenvalue weighted by Gasteiger charge is 2.33. The second-order valence-corrected chi connectivity index (χ2v) is 8.02. The fourth-order valence-corrected chi connectivity index (χ4v) is 4.20. The van der Waals surface area contributed by atoms with E-state index in [1.54, 1.807) is 7.05 Å². The van der Waals surface area contributed by atoms with Crippen molar-refractivity contribution in [1.82, 2.24) is 20.5 Å². The molecule has 1 aromatic heterocycles. The number of piperidine rings is 1. The number of halogens is 4. The van der Waals surface area contributed by atoms with Gasteiger partial charge in [0.15, 0.2) is 11.7 Å². The van der Waals surface area contributed by atoms with Crippen molar-refractivity contribution < 1.29 is 13.2 Å². The number of thiazole rings is 1. The van der Waals surface area contributed by atoms with Gasteiger partial charge in [0, 0.05) is 44.5 Å². The molecule has 1 aromatic carbocycles. The van der Waals surface area contributed by atoms with Crippen LogP contribution in [0.2, 0.25) is 0 Å². The lowest BCUT2D eigenvalue weighted by Crippen LogP contribution is -2.51. The highest BCUT2D eigenvalue weighted by Crippen LogP contribution is 2.30. The van der Waals surface area contributed by atoms with Gasteiger partial charge in [-0.1, -0.05) is 30.3 Å². The third-order valence-electron chi connectivity index (χ3n) is 4.79. The largest absolute Gasteiger partial charge is 0.434 e. The summed E-state index contributed by atoms with van der Waals surface area (Å²) in [6.45, 7) is 3.41. The van der Waals surface area contributed by atoms with E-state index < -0.39 is 11.9 Å². The van der Waals surface area contributed by atoms with E-state index in [1.807, 2.05) is 6.07 Å². The zero-order chi connectivity index (χ0) is 20.7. The van der Waals surface area contributed by atoms with Crippen LogP contribution in [-0.4, -0.2) is 48.6 Å². The van der Waals surface area contributed by atoms with Gasteiger partial charge >= 0.3 is 6.18 Å². The second kappa shape index (κ2) is 11.8. The van der Waals surface area contributed by atoms with E-state index in [0.717, 1.165) is 49.2 Å². The Bertz CT molecular complexity index is 797. The number of aromatic nitrogens is 1. The van der Waals surface area contributed by atoms with Gasteiger partial charge < -0.3 is 10.6 Å². The van der Waals surface area contributed by atoms with E-state index in [0.29, 0.717) is 23.9 Å². The smallest absolute Gasteiger partial charge is 0.356 e. The number of hydrogen-bond donors (Lipinski definition) is 2. The van der Waals surface area contributed by atoms with Crippen molar-refractivity contribution in [2.45, 2.75) is 38.0 Å². The maximum Gasteiger partial charge on any atom is 0.434 e. The van der Waals surface area contributed by atoms with E-state index in [1.165, 1.54) is 5.56 Å². The molecule has 30 heavy (non-hydrogen) atoms. The van der Waals surface area contributed by atoms with Crippen LogP contribution >= 0.6 is 35.3 Å². The lowest BCUT2D eigenvalue weighted by molar-refractivity contribution is -0.140. The third-order valence-corrected chi connectivity index (χ3v) is 5.70. The molecule has 0 radical (unpaired) electrons. The SMILES string of the molecule is CN=C(NCCc1nc(C(F)(F)F)cs1)NC1CCCN(Cc2ccccc2)C1.I. The average molecular weight is 553 g/mol. The van der Waals surface area contributed by atoms with Gasteiger partial charge in [0.2, 0.25) is 0 Å². The first-order chi connectivity index (χ1) is 13.9. The molecule has 0 amide bonds. The second-order valence-electron chi connectivity index (χ2n) is 7.08. The fraction of sp³-hybridized carbons (Fsp3) is 0.500. The Labute approximate surface area is 196 Å². The molecule has 1 aliphatic heterocycles. The van der Waals surface area contributed by atoms with Crippen molar-refractivity contribution in [2.75, 3.05) is 26.7 Å². The topological polar surface area (TPSA) is 52.6 Å². The van der Waals surface area contributed by atoms with Crippen LogP contribution in [0.1, 0.15) is 29.1 Å². The van der Waals surface area contributed by atoms with Crippen LogP contribution in [-0.2, 0) is 19.1 Å². The Hall–Kier alpha value is -1.40. The van der Waals surface area contributed by atoms with Gasteiger partial charge in [0.1, 0.15) is 0 Å². The molecule has 0 aliphatic carbocycles. The summed E-state index contributed by atoms with van der Waals surface area (Å²) in [5.74, 6) is 0.671. The highest BCUT2D eigenvalue weighted by molar-refractivity contribution is 14.0. The standard InChI is InChI=1S/C20H26F3N5S.HI/c1-24-19(25-10-9-18-27-17(14-29-18)20(21,22)23)26-16-8-5-11-28(13-16)12-15-6-3-2-4-7-15;/h2-4,6-7,14,16H,5,8-13H2,1H3,(H2,24,25,26);1H. The maximum absolute atomic E-state index is 12.6. The summed E-state index contributed by atoms with van der Waals surface area (Å²) < 4.78 is 37.9. The molecule has 1 fully saturated rings. The Morgan fingerprint density at radius 3 is 2.73 bits per heavy atom. The number of aliphatic imine (C=N–C) groups is 1. The van der Waals surface area contributed by atoms with Gasteiger partial charge in [-0.25, -0.2) is 4.98 Å². The summed E-state index contributed by atoms with van der Waals surface area (Å²) >= 11 is 1.03. The number of rotatable bonds is 6. The van der Waals surface area contributed by atoms with Crippen LogP contribution in [0.3, 0.4) is 0 Å². The summed E-state index contributed by atoms with van der Waals surface area (Å²) in [6, 6.07) is 10.7. The monoisotopic (exact) mass is 553 g/mol. The summed E-state index contributed by atoms with van der Waals surface area (Å²) in [7, 11) is 1.70. The quantitative estimate of drug-likeness (QED) is 0.321. The van der Waals surface area contributed by atoms with Crippen molar-refractivity contribution in [3.05, 3.63) is 52.0 Å². The Kier molecular flexibility index (Phi) is 9.82. The van der Waals surface area contributed by atoms with Crippen LogP contribution < -0.4 is 10.6 Å². The van der Waals surface area contributed by atoms with E-state index in [2.05, 4.69) is 49.8 Å². The van der Waals surface area contributed by atoms with Crippen LogP contribution in [0.5, 0.6) is 0 Å². The van der Waals surface area contributed by atoms with E-state index >= 15 is 0 Å². The molecule has 3 rings (SSSR count). The molecule has 1 unspecified atom stereocenters. The highest BCUT2D eigenvalue weighted by atomic mass is 127. The number of guanidine groups is 1. The van der Waals surface area contributed by atoms with Gasteiger partial charge in [0.05, 0.1) is 5.01 Å². The lowest BCUT2D eigenvalue weighted by atomic mass is 10.0. The molecule has 0 saturated carbocycles. The van der Waals surface area contributed by atoms with Crippen molar-refractivity contribution in [1.29, 1.82) is 0 Å². The Morgan fingerprint density at radius 2 is 2.07 bits per heavy atom. The molecular weight excluding hydrogens is 526 g/mol. The molecular formula is C20H27F3IN5S. The first-order valence-electron chi connectivity index (χ1n) is 9.69. The molecule has 0 bridgehead atoms. The van der Waals surface area contributed by atoms with Crippen LogP contribution in [0.4, 0.5) is 13.2 Å². The summed E-state index contributed by atoms with van der Waals surface area (Å²) in [5.41, 5.74) is 0.484. The third kappa shape index (κ3) is 7.69. The average Bonchev–Trinajstić information content (AvgIpc) is 3.18. The molecule has 1 aliphatic rings. The van der Waals surface area contributed by atoms with Gasteiger partial charge in [-0.3, -0.25) is 9.89 Å². The van der Waals surface area contributed by atoms with Gasteiger partial charge in [0.25, 0.3) is 0 Å².